The molecule has 0 radical (unpaired) electrons. The molecule has 0 unspecified atom stereocenters. The van der Waals surface area contributed by atoms with Crippen molar-refractivity contribution < 1.29 is 9.45 Å². The predicted molar refractivity (Wildman–Crippen MR) is 77.4 cm³/mol. The van der Waals surface area contributed by atoms with Crippen molar-refractivity contribution in [3.05, 3.63) is 39.0 Å². The van der Waals surface area contributed by atoms with Crippen molar-refractivity contribution in [1.29, 1.82) is 0 Å². The van der Waals surface area contributed by atoms with Crippen LogP contribution < -0.4 is 5.32 Å². The van der Waals surface area contributed by atoms with E-state index in [9.17, 15) is 10.1 Å². The number of anilines is 1. The number of nitrogens with zero attached hydrogens (tertiary/aromatic N) is 4. The average Bonchev–Trinajstić information content (AvgIpc) is 2.99. The SMILES string of the molecule is Cc1nc(CNc2cc3nc(C)sc3cc2[N+](=O)[O-])no1. The van der Waals surface area contributed by atoms with Crippen molar-refractivity contribution in [3.8, 4) is 0 Å². The number of rotatable bonds is 4. The lowest BCUT2D eigenvalue weighted by molar-refractivity contribution is -0.383. The smallest absolute Gasteiger partial charge is 0.293 e. The zero-order chi connectivity index (χ0) is 15.0. The summed E-state index contributed by atoms with van der Waals surface area (Å²) in [7, 11) is 0. The molecule has 108 valence electrons. The highest BCUT2D eigenvalue weighted by atomic mass is 32.1. The molecule has 1 N–H and O–H groups in total. The first-order chi connectivity index (χ1) is 10.0. The number of fused-ring (bicyclic) bond motifs is 1. The Morgan fingerprint density at radius 3 is 2.86 bits per heavy atom. The Hall–Kier alpha value is -2.55. The Morgan fingerprint density at radius 1 is 1.38 bits per heavy atom. The molecule has 0 fully saturated rings. The number of aryl methyl sites for hydroxylation is 2. The summed E-state index contributed by atoms with van der Waals surface area (Å²) in [4.78, 5) is 19.2. The molecular formula is C12H11N5O3S. The molecule has 2 heterocycles. The summed E-state index contributed by atoms with van der Waals surface area (Å²) in [6.07, 6.45) is 0. The van der Waals surface area contributed by atoms with Crippen molar-refractivity contribution >= 4 is 32.9 Å². The van der Waals surface area contributed by atoms with Crippen LogP contribution in [-0.4, -0.2) is 20.0 Å². The van der Waals surface area contributed by atoms with E-state index in [0.29, 0.717) is 17.4 Å². The number of nitro benzene ring substituents is 1. The zero-order valence-electron chi connectivity index (χ0n) is 11.3. The fourth-order valence-corrected chi connectivity index (χ4v) is 2.80. The number of aromatic nitrogens is 3. The molecule has 3 rings (SSSR count). The zero-order valence-corrected chi connectivity index (χ0v) is 12.1. The lowest BCUT2D eigenvalue weighted by Crippen LogP contribution is -2.04. The van der Waals surface area contributed by atoms with E-state index in [1.165, 1.54) is 17.4 Å². The monoisotopic (exact) mass is 305 g/mol. The van der Waals surface area contributed by atoms with Gasteiger partial charge in [-0.3, -0.25) is 10.1 Å². The van der Waals surface area contributed by atoms with Gasteiger partial charge in [-0.15, -0.1) is 11.3 Å². The van der Waals surface area contributed by atoms with Crippen molar-refractivity contribution in [2.24, 2.45) is 0 Å². The maximum Gasteiger partial charge on any atom is 0.293 e. The van der Waals surface area contributed by atoms with Gasteiger partial charge >= 0.3 is 0 Å². The van der Waals surface area contributed by atoms with Gasteiger partial charge in [-0.05, 0) is 13.0 Å². The lowest BCUT2D eigenvalue weighted by Gasteiger charge is -2.04. The van der Waals surface area contributed by atoms with Gasteiger partial charge in [0.15, 0.2) is 5.82 Å². The van der Waals surface area contributed by atoms with Crippen LogP contribution in [0.5, 0.6) is 0 Å². The first-order valence-electron chi connectivity index (χ1n) is 6.11. The fraction of sp³-hybridized carbons (Fsp3) is 0.250. The molecule has 8 nitrogen and oxygen atoms in total. The van der Waals surface area contributed by atoms with Crippen molar-refractivity contribution in [2.75, 3.05) is 5.32 Å². The van der Waals surface area contributed by atoms with Gasteiger partial charge < -0.3 is 9.84 Å². The van der Waals surface area contributed by atoms with Gasteiger partial charge in [-0.25, -0.2) is 4.98 Å². The highest BCUT2D eigenvalue weighted by molar-refractivity contribution is 7.18. The Labute approximate surface area is 123 Å². The van der Waals surface area contributed by atoms with Gasteiger partial charge in [-0.2, -0.15) is 4.98 Å². The second-order valence-corrected chi connectivity index (χ2v) is 5.65. The van der Waals surface area contributed by atoms with Crippen LogP contribution in [0, 0.1) is 24.0 Å². The Bertz CT molecular complexity index is 826. The highest BCUT2D eigenvalue weighted by Crippen LogP contribution is 2.33. The summed E-state index contributed by atoms with van der Waals surface area (Å²) in [5.74, 6) is 0.892. The fourth-order valence-electron chi connectivity index (χ4n) is 1.96. The highest BCUT2D eigenvalue weighted by Gasteiger charge is 2.17. The number of hydrogen-bond acceptors (Lipinski definition) is 8. The molecule has 1 aromatic carbocycles. The summed E-state index contributed by atoms with van der Waals surface area (Å²) >= 11 is 1.43. The molecule has 3 aromatic rings. The van der Waals surface area contributed by atoms with Crippen LogP contribution in [0.3, 0.4) is 0 Å². The molecule has 0 aliphatic rings. The van der Waals surface area contributed by atoms with E-state index in [0.717, 1.165) is 15.2 Å². The Kier molecular flexibility index (Phi) is 3.26. The minimum atomic E-state index is -0.418. The maximum absolute atomic E-state index is 11.2. The number of nitro groups is 1. The van der Waals surface area contributed by atoms with Crippen molar-refractivity contribution in [1.82, 2.24) is 15.1 Å². The molecule has 0 saturated heterocycles. The third-order valence-corrected chi connectivity index (χ3v) is 3.75. The van der Waals surface area contributed by atoms with E-state index in [4.69, 9.17) is 4.52 Å². The predicted octanol–water partition coefficient (Wildman–Crippen LogP) is 2.82. The first-order valence-corrected chi connectivity index (χ1v) is 6.93. The number of thiazole rings is 1. The van der Waals surface area contributed by atoms with Crippen molar-refractivity contribution in [2.45, 2.75) is 20.4 Å². The van der Waals surface area contributed by atoms with Crippen LogP contribution in [-0.2, 0) is 6.54 Å². The lowest BCUT2D eigenvalue weighted by atomic mass is 10.2. The quantitative estimate of drug-likeness (QED) is 0.583. The van der Waals surface area contributed by atoms with Gasteiger partial charge in [0.1, 0.15) is 5.69 Å². The van der Waals surface area contributed by atoms with Gasteiger partial charge in [0, 0.05) is 13.0 Å². The van der Waals surface area contributed by atoms with Gasteiger partial charge in [0.05, 0.1) is 26.7 Å². The van der Waals surface area contributed by atoms with Gasteiger partial charge in [-0.1, -0.05) is 5.16 Å². The van der Waals surface area contributed by atoms with E-state index < -0.39 is 4.92 Å². The standard InChI is InChI=1S/C12H11N5O3S/c1-6-14-12(16-20-6)5-13-8-3-9-11(21-7(2)15-9)4-10(8)17(18)19/h3-4,13H,5H2,1-2H3. The summed E-state index contributed by atoms with van der Waals surface area (Å²) in [6, 6.07) is 3.20. The summed E-state index contributed by atoms with van der Waals surface area (Å²) in [5.41, 5.74) is 1.13. The summed E-state index contributed by atoms with van der Waals surface area (Å²) < 4.78 is 5.65. The van der Waals surface area contributed by atoms with Crippen LogP contribution in [0.4, 0.5) is 11.4 Å². The van der Waals surface area contributed by atoms with E-state index in [1.54, 1.807) is 13.0 Å². The summed E-state index contributed by atoms with van der Waals surface area (Å²) in [6.45, 7) is 3.79. The van der Waals surface area contributed by atoms with E-state index in [2.05, 4.69) is 20.4 Å². The normalized spacial score (nSPS) is 11.0. The first kappa shape index (κ1) is 13.4. The van der Waals surface area contributed by atoms with Crippen LogP contribution in [0.2, 0.25) is 0 Å². The second-order valence-electron chi connectivity index (χ2n) is 4.41. The molecule has 0 saturated carbocycles. The average molecular weight is 305 g/mol. The van der Waals surface area contributed by atoms with Crippen LogP contribution in [0.15, 0.2) is 16.7 Å². The maximum atomic E-state index is 11.2. The molecule has 0 amide bonds. The number of nitrogens with one attached hydrogen (secondary N) is 1. The van der Waals surface area contributed by atoms with E-state index >= 15 is 0 Å². The van der Waals surface area contributed by atoms with Gasteiger partial charge in [0.25, 0.3) is 5.69 Å². The number of hydrogen-bond donors (Lipinski definition) is 1. The molecule has 0 atom stereocenters. The summed E-state index contributed by atoms with van der Waals surface area (Å²) in [5, 5.41) is 18.8. The topological polar surface area (TPSA) is 107 Å². The minimum Gasteiger partial charge on any atom is -0.372 e. The molecular weight excluding hydrogens is 294 g/mol. The van der Waals surface area contributed by atoms with E-state index in [-0.39, 0.29) is 12.2 Å². The van der Waals surface area contributed by atoms with Crippen LogP contribution >= 0.6 is 11.3 Å². The Morgan fingerprint density at radius 2 is 2.19 bits per heavy atom. The Balaban J connectivity index is 1.95. The number of benzene rings is 1. The van der Waals surface area contributed by atoms with E-state index in [1.807, 2.05) is 6.92 Å². The largest absolute Gasteiger partial charge is 0.372 e. The van der Waals surface area contributed by atoms with Crippen LogP contribution in [0.1, 0.15) is 16.7 Å². The van der Waals surface area contributed by atoms with Crippen molar-refractivity contribution in [3.63, 3.8) is 0 Å². The third kappa shape index (κ3) is 2.68. The second kappa shape index (κ2) is 5.09. The molecule has 0 aliphatic heterocycles. The molecule has 9 heteroatoms. The third-order valence-electron chi connectivity index (χ3n) is 2.82. The molecule has 0 aliphatic carbocycles. The minimum absolute atomic E-state index is 0.00590. The molecule has 0 bridgehead atoms. The van der Waals surface area contributed by atoms with Crippen LogP contribution in [0.25, 0.3) is 10.2 Å². The van der Waals surface area contributed by atoms with Gasteiger partial charge in [0.2, 0.25) is 5.89 Å². The molecule has 0 spiro atoms. The molecule has 2 aromatic heterocycles. The molecule has 21 heavy (non-hydrogen) atoms.